The first-order chi connectivity index (χ1) is 19.0. The molecule has 0 radical (unpaired) electrons. The third kappa shape index (κ3) is 5.00. The van der Waals surface area contributed by atoms with Crippen molar-refractivity contribution >= 4 is 22.6 Å². The fraction of sp³-hybridized carbons (Fsp3) is 0.250. The van der Waals surface area contributed by atoms with Crippen molar-refractivity contribution in [1.82, 2.24) is 10.2 Å². The lowest BCUT2D eigenvalue weighted by atomic mass is 9.81. The Kier molecular flexibility index (Phi) is 7.41. The highest BCUT2D eigenvalue weighted by atomic mass is 16.5. The summed E-state index contributed by atoms with van der Waals surface area (Å²) in [6, 6.07) is 25.5. The van der Waals surface area contributed by atoms with Crippen molar-refractivity contribution in [2.75, 3.05) is 34.9 Å². The van der Waals surface area contributed by atoms with Crippen LogP contribution in [0.5, 0.6) is 17.2 Å². The van der Waals surface area contributed by atoms with Gasteiger partial charge < -0.3 is 24.4 Å². The number of fused-ring (bicyclic) bond motifs is 1. The van der Waals surface area contributed by atoms with Gasteiger partial charge in [-0.15, -0.1) is 0 Å². The Balaban J connectivity index is 1.36. The van der Waals surface area contributed by atoms with Gasteiger partial charge in [0.2, 0.25) is 17.6 Å². The molecule has 1 aliphatic rings. The van der Waals surface area contributed by atoms with E-state index in [-0.39, 0.29) is 24.2 Å². The molecule has 2 unspecified atom stereocenters. The maximum Gasteiger partial charge on any atom is 0.243 e. The molecule has 200 valence electrons. The predicted octanol–water partition coefficient (Wildman–Crippen LogP) is 4.82. The number of carbonyl (C=O) groups is 2. The van der Waals surface area contributed by atoms with E-state index in [1.165, 1.54) is 0 Å². The van der Waals surface area contributed by atoms with Gasteiger partial charge in [-0.2, -0.15) is 0 Å². The van der Waals surface area contributed by atoms with E-state index < -0.39 is 6.04 Å². The van der Waals surface area contributed by atoms with Crippen LogP contribution >= 0.6 is 0 Å². The number of methoxy groups -OCH3 is 3. The SMILES string of the molecule is CNC(=O)C1C(c2ccccc2)CN1C(=O)Cc1ccc2cc(-c3cc(OC)c(OC)c(OC)c3)ccc2c1. The summed E-state index contributed by atoms with van der Waals surface area (Å²) in [5, 5.41) is 4.81. The quantitative estimate of drug-likeness (QED) is 0.358. The van der Waals surface area contributed by atoms with Gasteiger partial charge >= 0.3 is 0 Å². The van der Waals surface area contributed by atoms with Crippen molar-refractivity contribution in [3.05, 3.63) is 90.0 Å². The lowest BCUT2D eigenvalue weighted by Crippen LogP contribution is -2.63. The van der Waals surface area contributed by atoms with Crippen LogP contribution in [0, 0.1) is 0 Å². The third-order valence-corrected chi connectivity index (χ3v) is 7.43. The van der Waals surface area contributed by atoms with E-state index in [9.17, 15) is 9.59 Å². The zero-order valence-corrected chi connectivity index (χ0v) is 22.6. The van der Waals surface area contributed by atoms with Gasteiger partial charge in [0, 0.05) is 19.5 Å². The van der Waals surface area contributed by atoms with E-state index >= 15 is 0 Å². The summed E-state index contributed by atoms with van der Waals surface area (Å²) >= 11 is 0. The smallest absolute Gasteiger partial charge is 0.243 e. The first-order valence-electron chi connectivity index (χ1n) is 12.9. The molecule has 1 aliphatic heterocycles. The summed E-state index contributed by atoms with van der Waals surface area (Å²) in [5.41, 5.74) is 3.93. The van der Waals surface area contributed by atoms with E-state index in [1.54, 1.807) is 33.3 Å². The van der Waals surface area contributed by atoms with Gasteiger partial charge in [0.1, 0.15) is 6.04 Å². The molecule has 0 saturated carbocycles. The summed E-state index contributed by atoms with van der Waals surface area (Å²) in [6.45, 7) is 0.534. The van der Waals surface area contributed by atoms with Crippen molar-refractivity contribution in [2.45, 2.75) is 18.4 Å². The molecule has 39 heavy (non-hydrogen) atoms. The summed E-state index contributed by atoms with van der Waals surface area (Å²) in [7, 11) is 6.40. The Hall–Kier alpha value is -4.52. The number of likely N-dealkylation sites (tertiary alicyclic amines) is 1. The minimum absolute atomic E-state index is 0.000303. The average molecular weight is 525 g/mol. The van der Waals surface area contributed by atoms with E-state index in [1.807, 2.05) is 72.8 Å². The Bertz CT molecular complexity index is 1490. The van der Waals surface area contributed by atoms with Gasteiger partial charge in [0.15, 0.2) is 11.5 Å². The van der Waals surface area contributed by atoms with E-state index in [0.29, 0.717) is 23.8 Å². The van der Waals surface area contributed by atoms with Crippen LogP contribution < -0.4 is 19.5 Å². The number of hydrogen-bond acceptors (Lipinski definition) is 5. The molecule has 1 saturated heterocycles. The molecular formula is C32H32N2O5. The Morgan fingerprint density at radius 3 is 2.13 bits per heavy atom. The second-order valence-corrected chi connectivity index (χ2v) is 9.61. The minimum Gasteiger partial charge on any atom is -0.493 e. The molecule has 0 aromatic heterocycles. The molecule has 0 aliphatic carbocycles. The Morgan fingerprint density at radius 2 is 1.49 bits per heavy atom. The Morgan fingerprint density at radius 1 is 0.821 bits per heavy atom. The van der Waals surface area contributed by atoms with Crippen LogP contribution in [0.1, 0.15) is 17.0 Å². The normalized spacial score (nSPS) is 16.4. The van der Waals surface area contributed by atoms with Crippen molar-refractivity contribution < 1.29 is 23.8 Å². The highest BCUT2D eigenvalue weighted by Crippen LogP contribution is 2.41. The predicted molar refractivity (Wildman–Crippen MR) is 151 cm³/mol. The maximum absolute atomic E-state index is 13.3. The number of ether oxygens (including phenoxy) is 3. The number of nitrogens with zero attached hydrogens (tertiary/aromatic N) is 1. The van der Waals surface area contributed by atoms with Crippen LogP contribution in [0.25, 0.3) is 21.9 Å². The first kappa shape index (κ1) is 26.1. The minimum atomic E-state index is -0.494. The molecular weight excluding hydrogens is 492 g/mol. The lowest BCUT2D eigenvalue weighted by Gasteiger charge is -2.47. The zero-order valence-electron chi connectivity index (χ0n) is 22.6. The fourth-order valence-electron chi connectivity index (χ4n) is 5.33. The van der Waals surface area contributed by atoms with Crippen LogP contribution in [-0.2, 0) is 16.0 Å². The largest absolute Gasteiger partial charge is 0.493 e. The number of carbonyl (C=O) groups excluding carboxylic acids is 2. The fourth-order valence-corrected chi connectivity index (χ4v) is 5.33. The standard InChI is InChI=1S/C32H32N2O5/c1-33-32(36)30-26(21-8-6-5-7-9-21)19-34(30)29(35)15-20-10-11-23-16-24(13-12-22(23)14-20)25-17-27(37-2)31(39-4)28(18-25)38-3/h5-14,16-18,26,30H,15,19H2,1-4H3,(H,33,36). The highest BCUT2D eigenvalue weighted by Gasteiger charge is 2.46. The number of benzene rings is 4. The van der Waals surface area contributed by atoms with Crippen molar-refractivity contribution in [2.24, 2.45) is 0 Å². The molecule has 4 aromatic rings. The summed E-state index contributed by atoms with van der Waals surface area (Å²) in [5.74, 6) is 1.55. The molecule has 1 N–H and O–H groups in total. The van der Waals surface area contributed by atoms with E-state index in [2.05, 4.69) is 11.4 Å². The van der Waals surface area contributed by atoms with Crippen LogP contribution in [-0.4, -0.2) is 57.7 Å². The molecule has 4 aromatic carbocycles. The van der Waals surface area contributed by atoms with Crippen molar-refractivity contribution in [1.29, 1.82) is 0 Å². The van der Waals surface area contributed by atoms with Gasteiger partial charge in [-0.05, 0) is 51.2 Å². The molecule has 0 spiro atoms. The van der Waals surface area contributed by atoms with Gasteiger partial charge in [-0.3, -0.25) is 9.59 Å². The summed E-state index contributed by atoms with van der Waals surface area (Å²) in [4.78, 5) is 27.6. The molecule has 5 rings (SSSR count). The van der Waals surface area contributed by atoms with Crippen LogP contribution in [0.4, 0.5) is 0 Å². The number of nitrogens with one attached hydrogen (secondary N) is 1. The van der Waals surface area contributed by atoms with Crippen LogP contribution in [0.15, 0.2) is 78.9 Å². The molecule has 2 atom stereocenters. The van der Waals surface area contributed by atoms with Gasteiger partial charge in [-0.25, -0.2) is 0 Å². The molecule has 1 heterocycles. The van der Waals surface area contributed by atoms with Gasteiger partial charge in [0.05, 0.1) is 27.8 Å². The van der Waals surface area contributed by atoms with E-state index in [0.717, 1.165) is 33.0 Å². The maximum atomic E-state index is 13.3. The van der Waals surface area contributed by atoms with Crippen LogP contribution in [0.3, 0.4) is 0 Å². The molecule has 7 heteroatoms. The summed E-state index contributed by atoms with van der Waals surface area (Å²) < 4.78 is 16.5. The molecule has 0 bridgehead atoms. The van der Waals surface area contributed by atoms with Gasteiger partial charge in [-0.1, -0.05) is 60.7 Å². The topological polar surface area (TPSA) is 77.1 Å². The average Bonchev–Trinajstić information content (AvgIpc) is 2.95. The molecule has 7 nitrogen and oxygen atoms in total. The molecule has 1 fully saturated rings. The van der Waals surface area contributed by atoms with Crippen LogP contribution in [0.2, 0.25) is 0 Å². The second-order valence-electron chi connectivity index (χ2n) is 9.61. The third-order valence-electron chi connectivity index (χ3n) is 7.43. The van der Waals surface area contributed by atoms with Crippen molar-refractivity contribution in [3.8, 4) is 28.4 Å². The number of rotatable bonds is 8. The van der Waals surface area contributed by atoms with Gasteiger partial charge in [0.25, 0.3) is 0 Å². The first-order valence-corrected chi connectivity index (χ1v) is 12.9. The monoisotopic (exact) mass is 524 g/mol. The van der Waals surface area contributed by atoms with E-state index in [4.69, 9.17) is 14.2 Å². The number of hydrogen-bond donors (Lipinski definition) is 1. The molecule has 2 amide bonds. The summed E-state index contributed by atoms with van der Waals surface area (Å²) in [6.07, 6.45) is 0.236. The Labute approximate surface area is 228 Å². The second kappa shape index (κ2) is 11.1. The van der Waals surface area contributed by atoms with Crippen molar-refractivity contribution in [3.63, 3.8) is 0 Å². The number of amides is 2. The lowest BCUT2D eigenvalue weighted by molar-refractivity contribution is -0.148. The zero-order chi connectivity index (χ0) is 27.5. The number of likely N-dealkylation sites (N-methyl/N-ethyl adjacent to an activating group) is 1. The highest BCUT2D eigenvalue weighted by molar-refractivity contribution is 5.93.